The number of nitrogens with one attached hydrogen (secondary N) is 1. The minimum absolute atomic E-state index is 0.101. The zero-order valence-corrected chi connectivity index (χ0v) is 15.7. The van der Waals surface area contributed by atoms with Crippen molar-refractivity contribution in [2.75, 3.05) is 24.8 Å². The van der Waals surface area contributed by atoms with Crippen LogP contribution in [0.1, 0.15) is 23.2 Å². The van der Waals surface area contributed by atoms with Gasteiger partial charge in [-0.05, 0) is 43.2 Å². The molecule has 8 nitrogen and oxygen atoms in total. The van der Waals surface area contributed by atoms with Crippen molar-refractivity contribution in [3.8, 4) is 11.5 Å². The van der Waals surface area contributed by atoms with Crippen molar-refractivity contribution in [1.29, 1.82) is 0 Å². The molecule has 0 aliphatic carbocycles. The normalized spacial score (nSPS) is 16.5. The second kappa shape index (κ2) is 6.87. The van der Waals surface area contributed by atoms with Gasteiger partial charge in [0.05, 0.1) is 5.02 Å². The van der Waals surface area contributed by atoms with Crippen molar-refractivity contribution in [2.45, 2.75) is 18.9 Å². The van der Waals surface area contributed by atoms with Gasteiger partial charge < -0.3 is 19.7 Å². The molecule has 2 aliphatic rings. The topological polar surface area (TPSA) is 81.0 Å². The van der Waals surface area contributed by atoms with Crippen LogP contribution in [0, 0.1) is 0 Å². The third-order valence-electron chi connectivity index (χ3n) is 5.10. The van der Waals surface area contributed by atoms with Crippen LogP contribution in [0.5, 0.6) is 11.5 Å². The first-order valence-electron chi connectivity index (χ1n) is 9.13. The smallest absolute Gasteiger partial charge is 0.251 e. The van der Waals surface area contributed by atoms with E-state index in [1.165, 1.54) is 0 Å². The molecular weight excluding hydrogens is 382 g/mol. The summed E-state index contributed by atoms with van der Waals surface area (Å²) in [5.41, 5.74) is 1.34. The van der Waals surface area contributed by atoms with Gasteiger partial charge in [0.2, 0.25) is 12.7 Å². The number of carbonyl (C=O) groups excluding carboxylic acids is 1. The maximum atomic E-state index is 12.6. The minimum atomic E-state index is -0.101. The zero-order chi connectivity index (χ0) is 19.1. The first kappa shape index (κ1) is 17.1. The van der Waals surface area contributed by atoms with E-state index in [4.69, 9.17) is 21.1 Å². The highest BCUT2D eigenvalue weighted by atomic mass is 35.5. The Kier molecular flexibility index (Phi) is 4.20. The van der Waals surface area contributed by atoms with Gasteiger partial charge in [-0.1, -0.05) is 11.6 Å². The molecule has 28 heavy (non-hydrogen) atoms. The van der Waals surface area contributed by atoms with Gasteiger partial charge in [0.1, 0.15) is 0 Å². The molecule has 9 heteroatoms. The SMILES string of the molecule is O=C(NC1CCN(c2nnc3ccc(Cl)cn23)CC1)c1ccc2c(c1)OCO2. The summed E-state index contributed by atoms with van der Waals surface area (Å²) in [4.78, 5) is 14.7. The fraction of sp³-hybridized carbons (Fsp3) is 0.316. The number of carbonyl (C=O) groups is 1. The molecule has 0 atom stereocenters. The Morgan fingerprint density at radius 3 is 2.79 bits per heavy atom. The molecule has 2 aliphatic heterocycles. The number of hydrogen-bond donors (Lipinski definition) is 1. The monoisotopic (exact) mass is 399 g/mol. The number of benzene rings is 1. The molecule has 1 amide bonds. The molecule has 0 saturated carbocycles. The van der Waals surface area contributed by atoms with Gasteiger partial charge in [-0.25, -0.2) is 0 Å². The van der Waals surface area contributed by atoms with Crippen LogP contribution < -0.4 is 19.7 Å². The minimum Gasteiger partial charge on any atom is -0.454 e. The Morgan fingerprint density at radius 2 is 1.93 bits per heavy atom. The predicted octanol–water partition coefficient (Wildman–Crippen LogP) is 2.51. The number of halogens is 1. The van der Waals surface area contributed by atoms with Crippen molar-refractivity contribution in [3.63, 3.8) is 0 Å². The van der Waals surface area contributed by atoms with Crippen molar-refractivity contribution in [2.24, 2.45) is 0 Å². The average Bonchev–Trinajstić information content (AvgIpc) is 3.34. The number of piperidine rings is 1. The van der Waals surface area contributed by atoms with Gasteiger partial charge in [-0.15, -0.1) is 10.2 Å². The van der Waals surface area contributed by atoms with E-state index in [1.807, 2.05) is 16.7 Å². The number of amides is 1. The average molecular weight is 400 g/mol. The highest BCUT2D eigenvalue weighted by Crippen LogP contribution is 2.32. The molecular formula is C19H18ClN5O3. The van der Waals surface area contributed by atoms with E-state index in [9.17, 15) is 4.79 Å². The lowest BCUT2D eigenvalue weighted by Gasteiger charge is -2.32. The maximum Gasteiger partial charge on any atom is 0.251 e. The van der Waals surface area contributed by atoms with Gasteiger partial charge in [-0.2, -0.15) is 0 Å². The molecule has 144 valence electrons. The number of pyridine rings is 1. The summed E-state index contributed by atoms with van der Waals surface area (Å²) in [5.74, 6) is 1.96. The van der Waals surface area contributed by atoms with E-state index in [1.54, 1.807) is 24.3 Å². The lowest BCUT2D eigenvalue weighted by atomic mass is 10.0. The van der Waals surface area contributed by atoms with E-state index in [2.05, 4.69) is 20.4 Å². The highest BCUT2D eigenvalue weighted by molar-refractivity contribution is 6.30. The molecule has 4 heterocycles. The van der Waals surface area contributed by atoms with Crippen molar-refractivity contribution < 1.29 is 14.3 Å². The summed E-state index contributed by atoms with van der Waals surface area (Å²) in [7, 11) is 0. The number of ether oxygens (including phenoxy) is 2. The molecule has 1 saturated heterocycles. The van der Waals surface area contributed by atoms with Gasteiger partial charge >= 0.3 is 0 Å². The third kappa shape index (κ3) is 3.09. The van der Waals surface area contributed by atoms with Crippen LogP contribution >= 0.6 is 11.6 Å². The molecule has 1 aromatic carbocycles. The second-order valence-corrected chi connectivity index (χ2v) is 7.31. The first-order chi connectivity index (χ1) is 13.7. The molecule has 0 bridgehead atoms. The predicted molar refractivity (Wildman–Crippen MR) is 103 cm³/mol. The van der Waals surface area contributed by atoms with Crippen LogP contribution in [0.2, 0.25) is 5.02 Å². The lowest BCUT2D eigenvalue weighted by Crippen LogP contribution is -2.45. The summed E-state index contributed by atoms with van der Waals surface area (Å²) < 4.78 is 12.5. The van der Waals surface area contributed by atoms with E-state index in [-0.39, 0.29) is 18.7 Å². The molecule has 3 aromatic rings. The molecule has 0 radical (unpaired) electrons. The molecule has 0 unspecified atom stereocenters. The Morgan fingerprint density at radius 1 is 1.11 bits per heavy atom. The van der Waals surface area contributed by atoms with E-state index in [0.717, 1.165) is 37.5 Å². The van der Waals surface area contributed by atoms with E-state index in [0.29, 0.717) is 22.1 Å². The fourth-order valence-electron chi connectivity index (χ4n) is 3.60. The number of rotatable bonds is 3. The summed E-state index contributed by atoms with van der Waals surface area (Å²) in [5, 5.41) is 12.2. The molecule has 1 N–H and O–H groups in total. The third-order valence-corrected chi connectivity index (χ3v) is 5.32. The van der Waals surface area contributed by atoms with Crippen molar-refractivity contribution in [3.05, 3.63) is 47.1 Å². The van der Waals surface area contributed by atoms with Gasteiger partial charge in [0.25, 0.3) is 5.91 Å². The van der Waals surface area contributed by atoms with Crippen molar-refractivity contribution >= 4 is 29.1 Å². The maximum absolute atomic E-state index is 12.6. The standard InChI is InChI=1S/C19H18ClN5O3/c20-13-2-4-17-22-23-19(25(17)10-13)24-7-5-14(6-8-24)21-18(26)12-1-3-15-16(9-12)28-11-27-15/h1-4,9-10,14H,5-8,11H2,(H,21,26). The zero-order valence-electron chi connectivity index (χ0n) is 15.0. The molecule has 1 fully saturated rings. The van der Waals surface area contributed by atoms with Crippen LogP contribution in [0.4, 0.5) is 5.95 Å². The van der Waals surface area contributed by atoms with Crippen molar-refractivity contribution in [1.82, 2.24) is 19.9 Å². The van der Waals surface area contributed by atoms with Crippen LogP contribution in [0.3, 0.4) is 0 Å². The van der Waals surface area contributed by atoms with Crippen LogP contribution in [0.15, 0.2) is 36.5 Å². The molecule has 5 rings (SSSR count). The number of anilines is 1. The summed E-state index contributed by atoms with van der Waals surface area (Å²) >= 11 is 6.10. The summed E-state index contributed by atoms with van der Waals surface area (Å²) in [6.07, 6.45) is 3.47. The highest BCUT2D eigenvalue weighted by Gasteiger charge is 2.25. The van der Waals surface area contributed by atoms with Gasteiger partial charge in [0, 0.05) is 30.9 Å². The van der Waals surface area contributed by atoms with Crippen LogP contribution in [-0.4, -0.2) is 46.4 Å². The van der Waals surface area contributed by atoms with E-state index >= 15 is 0 Å². The Bertz CT molecular complexity index is 1050. The van der Waals surface area contributed by atoms with Crippen LogP contribution in [0.25, 0.3) is 5.65 Å². The summed E-state index contributed by atoms with van der Waals surface area (Å²) in [6, 6.07) is 8.99. The largest absolute Gasteiger partial charge is 0.454 e. The molecule has 2 aromatic heterocycles. The van der Waals surface area contributed by atoms with Crippen LogP contribution in [-0.2, 0) is 0 Å². The van der Waals surface area contributed by atoms with Gasteiger partial charge in [0.15, 0.2) is 17.1 Å². The Balaban J connectivity index is 1.23. The fourth-order valence-corrected chi connectivity index (χ4v) is 3.76. The summed E-state index contributed by atoms with van der Waals surface area (Å²) in [6.45, 7) is 1.75. The Hall–Kier alpha value is -3.00. The first-order valence-corrected chi connectivity index (χ1v) is 9.51. The molecule has 0 spiro atoms. The second-order valence-electron chi connectivity index (χ2n) is 6.88. The number of fused-ring (bicyclic) bond motifs is 2. The van der Waals surface area contributed by atoms with Gasteiger partial charge in [-0.3, -0.25) is 9.20 Å². The number of hydrogen-bond acceptors (Lipinski definition) is 6. The Labute approximate surface area is 166 Å². The lowest BCUT2D eigenvalue weighted by molar-refractivity contribution is 0.0930. The van der Waals surface area contributed by atoms with E-state index < -0.39 is 0 Å². The quantitative estimate of drug-likeness (QED) is 0.728. The number of nitrogens with zero attached hydrogens (tertiary/aromatic N) is 4. The number of aromatic nitrogens is 3.